The van der Waals surface area contributed by atoms with Gasteiger partial charge in [-0.05, 0) is 12.3 Å². The van der Waals surface area contributed by atoms with Crippen LogP contribution in [0.1, 0.15) is 11.7 Å². The normalized spacial score (nSPS) is 13.4. The lowest BCUT2D eigenvalue weighted by atomic mass is 10.1. The van der Waals surface area contributed by atoms with E-state index in [9.17, 15) is 18.3 Å². The standard InChI is InChI=1S/C10H12O5S2/c1-16-9-6(8(11)10(12)13)4-3-5-7(9)17(2,14)15/h3-5,8,11H,1-2H3,(H,12,13). The highest BCUT2D eigenvalue weighted by Gasteiger charge is 2.23. The van der Waals surface area contributed by atoms with Gasteiger partial charge in [-0.3, -0.25) is 0 Å². The molecule has 1 rings (SSSR count). The number of rotatable bonds is 4. The van der Waals surface area contributed by atoms with Crippen molar-refractivity contribution in [2.45, 2.75) is 15.9 Å². The molecule has 1 aromatic carbocycles. The Balaban J connectivity index is 3.49. The fraction of sp³-hybridized carbons (Fsp3) is 0.300. The van der Waals surface area contributed by atoms with Crippen molar-refractivity contribution < 1.29 is 23.4 Å². The quantitative estimate of drug-likeness (QED) is 0.795. The third kappa shape index (κ3) is 2.99. The van der Waals surface area contributed by atoms with Crippen molar-refractivity contribution in [2.75, 3.05) is 12.5 Å². The number of sulfone groups is 1. The zero-order valence-corrected chi connectivity index (χ0v) is 10.9. The molecule has 1 aromatic rings. The molecule has 0 radical (unpaired) electrons. The maximum atomic E-state index is 11.5. The van der Waals surface area contributed by atoms with Gasteiger partial charge in [0.2, 0.25) is 0 Å². The summed E-state index contributed by atoms with van der Waals surface area (Å²) in [5.74, 6) is -1.41. The molecule has 0 heterocycles. The zero-order valence-electron chi connectivity index (χ0n) is 9.25. The summed E-state index contributed by atoms with van der Waals surface area (Å²) in [7, 11) is -3.45. The van der Waals surface area contributed by atoms with E-state index in [1.165, 1.54) is 18.2 Å². The van der Waals surface area contributed by atoms with E-state index in [1.807, 2.05) is 0 Å². The van der Waals surface area contributed by atoms with Gasteiger partial charge in [0, 0.05) is 16.7 Å². The minimum atomic E-state index is -3.45. The third-order valence-electron chi connectivity index (χ3n) is 2.14. The Hall–Kier alpha value is -1.05. The van der Waals surface area contributed by atoms with Crippen molar-refractivity contribution >= 4 is 27.6 Å². The summed E-state index contributed by atoms with van der Waals surface area (Å²) < 4.78 is 23.0. The van der Waals surface area contributed by atoms with Gasteiger partial charge in [-0.2, -0.15) is 0 Å². The van der Waals surface area contributed by atoms with Crippen LogP contribution in [-0.4, -0.2) is 37.1 Å². The molecule has 0 aliphatic heterocycles. The number of carboxylic acids is 1. The number of carboxylic acid groups (broad SMARTS) is 1. The molecule has 0 saturated heterocycles. The van der Waals surface area contributed by atoms with E-state index in [2.05, 4.69) is 0 Å². The molecule has 7 heteroatoms. The number of hydrogen-bond donors (Lipinski definition) is 2. The number of hydrogen-bond acceptors (Lipinski definition) is 5. The van der Waals surface area contributed by atoms with E-state index in [0.29, 0.717) is 0 Å². The van der Waals surface area contributed by atoms with Crippen LogP contribution in [0, 0.1) is 0 Å². The number of benzene rings is 1. The van der Waals surface area contributed by atoms with Gasteiger partial charge >= 0.3 is 5.97 Å². The molecule has 5 nitrogen and oxygen atoms in total. The first-order valence-electron chi connectivity index (χ1n) is 4.57. The second kappa shape index (κ2) is 5.07. The second-order valence-electron chi connectivity index (χ2n) is 3.39. The van der Waals surface area contributed by atoms with E-state index < -0.39 is 21.9 Å². The topological polar surface area (TPSA) is 91.7 Å². The molecule has 0 amide bonds. The van der Waals surface area contributed by atoms with Gasteiger partial charge in [-0.1, -0.05) is 12.1 Å². The molecule has 1 atom stereocenters. The molecule has 0 aromatic heterocycles. The summed E-state index contributed by atoms with van der Waals surface area (Å²) in [6.45, 7) is 0. The molecule has 0 fully saturated rings. The van der Waals surface area contributed by atoms with Crippen LogP contribution < -0.4 is 0 Å². The highest BCUT2D eigenvalue weighted by Crippen LogP contribution is 2.32. The number of carbonyl (C=O) groups is 1. The van der Waals surface area contributed by atoms with Crippen LogP contribution in [0.4, 0.5) is 0 Å². The van der Waals surface area contributed by atoms with E-state index in [0.717, 1.165) is 18.0 Å². The molecule has 94 valence electrons. The summed E-state index contributed by atoms with van der Waals surface area (Å²) in [4.78, 5) is 11.0. The van der Waals surface area contributed by atoms with Crippen LogP contribution in [0.25, 0.3) is 0 Å². The van der Waals surface area contributed by atoms with Crippen molar-refractivity contribution in [1.29, 1.82) is 0 Å². The summed E-state index contributed by atoms with van der Waals surface area (Å²) in [6.07, 6.45) is 0.945. The lowest BCUT2D eigenvalue weighted by molar-refractivity contribution is -0.147. The minimum Gasteiger partial charge on any atom is -0.479 e. The van der Waals surface area contributed by atoms with Crippen molar-refractivity contribution in [2.24, 2.45) is 0 Å². The number of aliphatic hydroxyl groups is 1. The van der Waals surface area contributed by atoms with Crippen molar-refractivity contribution in [3.8, 4) is 0 Å². The van der Waals surface area contributed by atoms with Gasteiger partial charge in [0.25, 0.3) is 0 Å². The smallest absolute Gasteiger partial charge is 0.337 e. The van der Waals surface area contributed by atoms with Gasteiger partial charge in [0.05, 0.1) is 4.90 Å². The van der Waals surface area contributed by atoms with Crippen molar-refractivity contribution in [1.82, 2.24) is 0 Å². The molecule has 0 aliphatic rings. The van der Waals surface area contributed by atoms with Crippen LogP contribution >= 0.6 is 11.8 Å². The first-order valence-corrected chi connectivity index (χ1v) is 7.68. The van der Waals surface area contributed by atoms with E-state index in [4.69, 9.17) is 5.11 Å². The largest absolute Gasteiger partial charge is 0.479 e. The SMILES string of the molecule is CSc1c(C(O)C(=O)O)cccc1S(C)(=O)=O. The van der Waals surface area contributed by atoms with Crippen LogP contribution in [-0.2, 0) is 14.6 Å². The Bertz CT molecular complexity index is 536. The highest BCUT2D eigenvalue weighted by molar-refractivity contribution is 7.99. The Kier molecular flexibility index (Phi) is 4.18. The molecule has 2 N–H and O–H groups in total. The summed E-state index contributed by atoms with van der Waals surface area (Å²) in [6, 6.07) is 4.20. The third-order valence-corrected chi connectivity index (χ3v) is 4.27. The molecule has 0 bridgehead atoms. The monoisotopic (exact) mass is 276 g/mol. The fourth-order valence-corrected chi connectivity index (χ4v) is 3.56. The van der Waals surface area contributed by atoms with Gasteiger partial charge in [-0.15, -0.1) is 11.8 Å². The Morgan fingerprint density at radius 2 is 2.00 bits per heavy atom. The number of thioether (sulfide) groups is 1. The molecular weight excluding hydrogens is 264 g/mol. The average Bonchev–Trinajstić information content (AvgIpc) is 2.25. The van der Waals surface area contributed by atoms with Gasteiger partial charge in [0.15, 0.2) is 15.9 Å². The van der Waals surface area contributed by atoms with Gasteiger partial charge < -0.3 is 10.2 Å². The second-order valence-corrected chi connectivity index (χ2v) is 6.19. The summed E-state index contributed by atoms with van der Waals surface area (Å²) in [5.41, 5.74) is 0.0907. The lowest BCUT2D eigenvalue weighted by Gasteiger charge is -2.13. The Morgan fingerprint density at radius 3 is 2.41 bits per heavy atom. The van der Waals surface area contributed by atoms with Crippen LogP contribution in [0.5, 0.6) is 0 Å². The Morgan fingerprint density at radius 1 is 1.41 bits per heavy atom. The predicted octanol–water partition coefficient (Wildman–Crippen LogP) is 0.930. The maximum Gasteiger partial charge on any atom is 0.337 e. The van der Waals surface area contributed by atoms with E-state index in [1.54, 1.807) is 6.26 Å². The highest BCUT2D eigenvalue weighted by atomic mass is 32.2. The first kappa shape index (κ1) is 14.0. The minimum absolute atomic E-state index is 0.0304. The Labute approximate surface area is 103 Å². The maximum absolute atomic E-state index is 11.5. The lowest BCUT2D eigenvalue weighted by Crippen LogP contribution is -2.13. The molecular formula is C10H12O5S2. The summed E-state index contributed by atoms with van der Waals surface area (Å²) >= 11 is 1.09. The average molecular weight is 276 g/mol. The van der Waals surface area contributed by atoms with Gasteiger partial charge in [0.1, 0.15) is 0 Å². The number of aliphatic hydroxyl groups excluding tert-OH is 1. The van der Waals surface area contributed by atoms with Crippen LogP contribution in [0.15, 0.2) is 28.0 Å². The van der Waals surface area contributed by atoms with Crippen LogP contribution in [0.2, 0.25) is 0 Å². The molecule has 0 spiro atoms. The molecule has 0 saturated carbocycles. The fourth-order valence-electron chi connectivity index (χ4n) is 1.39. The molecule has 1 unspecified atom stereocenters. The molecule has 17 heavy (non-hydrogen) atoms. The first-order chi connectivity index (χ1) is 7.79. The zero-order chi connectivity index (χ0) is 13.2. The summed E-state index contributed by atoms with van der Waals surface area (Å²) in [5, 5.41) is 18.2. The van der Waals surface area contributed by atoms with Crippen molar-refractivity contribution in [3.63, 3.8) is 0 Å². The predicted molar refractivity (Wildman–Crippen MR) is 63.9 cm³/mol. The van der Waals surface area contributed by atoms with E-state index in [-0.39, 0.29) is 15.4 Å². The van der Waals surface area contributed by atoms with Crippen LogP contribution in [0.3, 0.4) is 0 Å². The number of aliphatic carboxylic acids is 1. The molecule has 0 aliphatic carbocycles. The van der Waals surface area contributed by atoms with Gasteiger partial charge in [-0.25, -0.2) is 13.2 Å². The van der Waals surface area contributed by atoms with E-state index >= 15 is 0 Å². The van der Waals surface area contributed by atoms with Crippen molar-refractivity contribution in [3.05, 3.63) is 23.8 Å².